The molecule has 3 aromatic heterocycles. The molecule has 0 amide bonds. The molecule has 0 bridgehead atoms. The lowest BCUT2D eigenvalue weighted by Crippen LogP contribution is -1.90. The molecular weight excluding hydrogens is 412 g/mol. The summed E-state index contributed by atoms with van der Waals surface area (Å²) in [5, 5.41) is 7.79. The Bertz CT molecular complexity index is 1220. The Morgan fingerprint density at radius 3 is 2.46 bits per heavy atom. The fraction of sp³-hybridized carbons (Fsp3) is 0.105. The van der Waals surface area contributed by atoms with E-state index in [0.29, 0.717) is 11.5 Å². The van der Waals surface area contributed by atoms with Crippen molar-refractivity contribution < 1.29 is 9.47 Å². The molecule has 140 valence electrons. The Hall–Kier alpha value is -2.75. The lowest BCUT2D eigenvalue weighted by molar-refractivity contribution is 0.356. The number of methoxy groups -OCH3 is 2. The van der Waals surface area contributed by atoms with Crippen LogP contribution >= 0.6 is 34.0 Å². The smallest absolute Gasteiger partial charge is 0.190 e. The number of para-hydroxylation sites is 1. The maximum Gasteiger partial charge on any atom is 0.190 e. The van der Waals surface area contributed by atoms with E-state index in [9.17, 15) is 0 Å². The van der Waals surface area contributed by atoms with Gasteiger partial charge < -0.3 is 14.8 Å². The minimum atomic E-state index is 0.666. The van der Waals surface area contributed by atoms with Crippen molar-refractivity contribution in [2.45, 2.75) is 0 Å². The highest BCUT2D eigenvalue weighted by atomic mass is 32.1. The number of hydrogen-bond acceptors (Lipinski definition) is 9. The third-order valence-corrected chi connectivity index (χ3v) is 6.88. The van der Waals surface area contributed by atoms with Crippen molar-refractivity contribution in [3.63, 3.8) is 0 Å². The summed E-state index contributed by atoms with van der Waals surface area (Å²) in [5.41, 5.74) is 2.73. The zero-order valence-electron chi connectivity index (χ0n) is 14.9. The zero-order chi connectivity index (χ0) is 19.1. The number of rotatable bonds is 5. The highest BCUT2D eigenvalue weighted by molar-refractivity contribution is 7.23. The van der Waals surface area contributed by atoms with Gasteiger partial charge in [0.25, 0.3) is 0 Å². The maximum atomic E-state index is 5.37. The first kappa shape index (κ1) is 17.4. The van der Waals surface area contributed by atoms with Crippen LogP contribution in [-0.2, 0) is 0 Å². The molecule has 1 N–H and O–H groups in total. The molecular formula is C19H14N4O2S3. The number of hydrogen-bond donors (Lipinski definition) is 1. The van der Waals surface area contributed by atoms with Crippen LogP contribution in [0.1, 0.15) is 0 Å². The minimum absolute atomic E-state index is 0.666. The zero-order valence-corrected chi connectivity index (χ0v) is 17.4. The van der Waals surface area contributed by atoms with Gasteiger partial charge in [0.1, 0.15) is 10.7 Å². The van der Waals surface area contributed by atoms with Crippen molar-refractivity contribution >= 4 is 64.7 Å². The monoisotopic (exact) mass is 426 g/mol. The van der Waals surface area contributed by atoms with Gasteiger partial charge in [0.2, 0.25) is 0 Å². The van der Waals surface area contributed by atoms with Crippen LogP contribution in [0.4, 0.5) is 10.3 Å². The van der Waals surface area contributed by atoms with Crippen LogP contribution in [0.2, 0.25) is 0 Å². The molecule has 5 aromatic rings. The molecule has 9 heteroatoms. The summed E-state index contributed by atoms with van der Waals surface area (Å²) in [6.07, 6.45) is 0. The third kappa shape index (κ3) is 3.07. The van der Waals surface area contributed by atoms with Crippen molar-refractivity contribution in [3.05, 3.63) is 41.8 Å². The largest absolute Gasteiger partial charge is 0.493 e. The van der Waals surface area contributed by atoms with Gasteiger partial charge in [-0.15, -0.1) is 22.7 Å². The summed E-state index contributed by atoms with van der Waals surface area (Å²) in [4.78, 5) is 14.0. The minimum Gasteiger partial charge on any atom is -0.493 e. The van der Waals surface area contributed by atoms with Gasteiger partial charge in [0, 0.05) is 17.5 Å². The fourth-order valence-electron chi connectivity index (χ4n) is 2.81. The summed E-state index contributed by atoms with van der Waals surface area (Å²) >= 11 is 4.73. The van der Waals surface area contributed by atoms with E-state index in [1.807, 2.05) is 35.7 Å². The van der Waals surface area contributed by atoms with Crippen LogP contribution in [0, 0.1) is 0 Å². The Morgan fingerprint density at radius 2 is 1.64 bits per heavy atom. The molecule has 0 aliphatic rings. The van der Waals surface area contributed by atoms with E-state index in [1.54, 1.807) is 36.9 Å². The maximum absolute atomic E-state index is 5.37. The second-order valence-electron chi connectivity index (χ2n) is 5.84. The van der Waals surface area contributed by atoms with E-state index in [1.165, 1.54) is 11.3 Å². The topological polar surface area (TPSA) is 69.2 Å². The number of anilines is 2. The molecule has 0 atom stereocenters. The van der Waals surface area contributed by atoms with Crippen molar-refractivity contribution in [1.82, 2.24) is 15.0 Å². The Labute approximate surface area is 172 Å². The first-order valence-corrected chi connectivity index (χ1v) is 10.9. The van der Waals surface area contributed by atoms with Gasteiger partial charge in [-0.3, -0.25) is 0 Å². The first-order chi connectivity index (χ1) is 13.7. The second kappa shape index (κ2) is 7.01. The number of benzene rings is 2. The molecule has 28 heavy (non-hydrogen) atoms. The number of nitrogens with one attached hydrogen (secondary N) is 1. The van der Waals surface area contributed by atoms with Crippen molar-refractivity contribution in [1.29, 1.82) is 0 Å². The van der Waals surface area contributed by atoms with Crippen LogP contribution in [0.15, 0.2) is 41.8 Å². The van der Waals surface area contributed by atoms with E-state index >= 15 is 0 Å². The molecule has 0 spiro atoms. The second-order valence-corrected chi connectivity index (χ2v) is 8.76. The van der Waals surface area contributed by atoms with Crippen LogP contribution < -0.4 is 14.8 Å². The van der Waals surface area contributed by atoms with Crippen LogP contribution in [-0.4, -0.2) is 29.2 Å². The van der Waals surface area contributed by atoms with E-state index in [0.717, 1.165) is 41.4 Å². The van der Waals surface area contributed by atoms with E-state index in [2.05, 4.69) is 26.3 Å². The summed E-state index contributed by atoms with van der Waals surface area (Å²) in [5.74, 6) is 1.36. The van der Waals surface area contributed by atoms with Gasteiger partial charge in [0.05, 0.1) is 34.7 Å². The Morgan fingerprint density at radius 1 is 0.821 bits per heavy atom. The van der Waals surface area contributed by atoms with E-state index < -0.39 is 0 Å². The summed E-state index contributed by atoms with van der Waals surface area (Å²) in [6.45, 7) is 0. The number of thiazole rings is 3. The molecule has 2 aromatic carbocycles. The number of aromatic nitrogens is 3. The molecule has 3 heterocycles. The van der Waals surface area contributed by atoms with Gasteiger partial charge >= 0.3 is 0 Å². The highest BCUT2D eigenvalue weighted by Crippen LogP contribution is 2.38. The average molecular weight is 427 g/mol. The third-order valence-electron chi connectivity index (χ3n) is 4.12. The van der Waals surface area contributed by atoms with Crippen LogP contribution in [0.5, 0.6) is 11.5 Å². The standard InChI is InChI=1S/C19H14N4O2S3/c1-24-13-7-11-16(8-14(13)25-2)28-19(21-11)23-18-22-12(9-26-18)17-20-10-5-3-4-6-15(10)27-17/h3-9H,1-2H3,(H,21,22,23). The molecule has 0 radical (unpaired) electrons. The fourth-order valence-corrected chi connectivity index (χ4v) is 5.45. The van der Waals surface area contributed by atoms with E-state index in [4.69, 9.17) is 9.47 Å². The molecule has 6 nitrogen and oxygen atoms in total. The summed E-state index contributed by atoms with van der Waals surface area (Å²) in [7, 11) is 3.25. The van der Waals surface area contributed by atoms with E-state index in [-0.39, 0.29) is 0 Å². The SMILES string of the molecule is COc1cc2nc(Nc3nc(-c4nc5ccccc5s4)cs3)sc2cc1OC. The van der Waals surface area contributed by atoms with Gasteiger partial charge in [-0.25, -0.2) is 15.0 Å². The molecule has 0 saturated heterocycles. The molecule has 0 aliphatic carbocycles. The number of fused-ring (bicyclic) bond motifs is 2. The number of ether oxygens (including phenoxy) is 2. The number of nitrogens with zero attached hydrogens (tertiary/aromatic N) is 3. The molecule has 0 saturated carbocycles. The first-order valence-electron chi connectivity index (χ1n) is 8.34. The van der Waals surface area contributed by atoms with Gasteiger partial charge in [-0.05, 0) is 12.1 Å². The quantitative estimate of drug-likeness (QED) is 0.384. The van der Waals surface area contributed by atoms with Crippen LogP contribution in [0.25, 0.3) is 31.1 Å². The summed E-state index contributed by atoms with van der Waals surface area (Å²) in [6, 6.07) is 11.9. The Kier molecular flexibility index (Phi) is 4.34. The average Bonchev–Trinajstić information content (AvgIpc) is 3.43. The molecule has 0 fully saturated rings. The lowest BCUT2D eigenvalue weighted by atomic mass is 10.3. The predicted molar refractivity (Wildman–Crippen MR) is 117 cm³/mol. The Balaban J connectivity index is 1.43. The molecule has 0 aliphatic heterocycles. The van der Waals surface area contributed by atoms with Crippen LogP contribution in [0.3, 0.4) is 0 Å². The predicted octanol–water partition coefficient (Wildman–Crippen LogP) is 5.79. The lowest BCUT2D eigenvalue weighted by Gasteiger charge is -2.05. The highest BCUT2D eigenvalue weighted by Gasteiger charge is 2.13. The molecule has 0 unspecified atom stereocenters. The normalized spacial score (nSPS) is 11.2. The van der Waals surface area contributed by atoms with Crippen molar-refractivity contribution in [3.8, 4) is 22.2 Å². The van der Waals surface area contributed by atoms with Gasteiger partial charge in [-0.1, -0.05) is 23.5 Å². The van der Waals surface area contributed by atoms with Crippen molar-refractivity contribution in [2.24, 2.45) is 0 Å². The molecule has 5 rings (SSSR count). The van der Waals surface area contributed by atoms with Gasteiger partial charge in [0.15, 0.2) is 21.8 Å². The van der Waals surface area contributed by atoms with Crippen molar-refractivity contribution in [2.75, 3.05) is 19.5 Å². The summed E-state index contributed by atoms with van der Waals surface area (Å²) < 4.78 is 12.9. The van der Waals surface area contributed by atoms with Gasteiger partial charge in [-0.2, -0.15) is 0 Å².